The summed E-state index contributed by atoms with van der Waals surface area (Å²) in [7, 11) is 0. The molecule has 2 nitrogen and oxygen atoms in total. The van der Waals surface area contributed by atoms with Crippen LogP contribution in [-0.2, 0) is 4.74 Å². The van der Waals surface area contributed by atoms with Crippen LogP contribution in [0.5, 0.6) is 0 Å². The maximum Gasteiger partial charge on any atom is 0.0628 e. The summed E-state index contributed by atoms with van der Waals surface area (Å²) in [5.41, 5.74) is 0.596. The summed E-state index contributed by atoms with van der Waals surface area (Å²) >= 11 is 0. The Morgan fingerprint density at radius 3 is 2.43 bits per heavy atom. The van der Waals surface area contributed by atoms with E-state index in [2.05, 4.69) is 26.8 Å². The molecule has 0 aromatic rings. The van der Waals surface area contributed by atoms with Gasteiger partial charge in [0.15, 0.2) is 0 Å². The van der Waals surface area contributed by atoms with Gasteiger partial charge in [0.1, 0.15) is 0 Å². The summed E-state index contributed by atoms with van der Waals surface area (Å²) in [6.07, 6.45) is 4.12. The van der Waals surface area contributed by atoms with Gasteiger partial charge in [-0.05, 0) is 24.7 Å². The van der Waals surface area contributed by atoms with E-state index in [0.717, 1.165) is 19.6 Å². The topological polar surface area (TPSA) is 33.0 Å². The van der Waals surface area contributed by atoms with Crippen LogP contribution in [0.15, 0.2) is 0 Å². The van der Waals surface area contributed by atoms with Gasteiger partial charge in [-0.2, -0.15) is 5.26 Å². The molecule has 0 spiro atoms. The molecule has 0 aliphatic heterocycles. The maximum atomic E-state index is 8.62. The highest BCUT2D eigenvalue weighted by Gasteiger charge is 2.42. The smallest absolute Gasteiger partial charge is 0.0628 e. The lowest BCUT2D eigenvalue weighted by Crippen LogP contribution is -2.14. The quantitative estimate of drug-likeness (QED) is 0.631. The molecule has 1 aliphatic carbocycles. The molecule has 1 aliphatic rings. The summed E-state index contributed by atoms with van der Waals surface area (Å²) < 4.78 is 5.64. The van der Waals surface area contributed by atoms with Crippen LogP contribution in [0.1, 0.15) is 46.5 Å². The second-order valence-electron chi connectivity index (χ2n) is 5.70. The average Bonchev–Trinajstić information content (AvgIpc) is 2.79. The van der Waals surface area contributed by atoms with E-state index >= 15 is 0 Å². The Labute approximate surface area is 87.3 Å². The van der Waals surface area contributed by atoms with Gasteiger partial charge in [-0.15, -0.1) is 0 Å². The molecule has 0 N–H and O–H groups in total. The normalized spacial score (nSPS) is 19.0. The Kier molecular flexibility index (Phi) is 3.55. The van der Waals surface area contributed by atoms with Crippen LogP contribution >= 0.6 is 0 Å². The molecule has 0 aromatic heterocycles. The zero-order valence-electron chi connectivity index (χ0n) is 9.60. The third-order valence-corrected chi connectivity index (χ3v) is 2.82. The summed E-state index contributed by atoms with van der Waals surface area (Å²) in [6.45, 7) is 8.28. The zero-order valence-corrected chi connectivity index (χ0v) is 9.60. The summed E-state index contributed by atoms with van der Waals surface area (Å²) in [5, 5.41) is 8.62. The predicted octanol–water partition coefficient (Wildman–Crippen LogP) is 3.13. The van der Waals surface area contributed by atoms with Crippen LogP contribution in [-0.4, -0.2) is 13.2 Å². The molecule has 0 atom stereocenters. The first kappa shape index (κ1) is 11.5. The maximum absolute atomic E-state index is 8.62. The molecule has 0 saturated heterocycles. The van der Waals surface area contributed by atoms with Crippen LogP contribution in [0, 0.1) is 22.2 Å². The fourth-order valence-corrected chi connectivity index (χ4v) is 1.38. The van der Waals surface area contributed by atoms with Crippen molar-refractivity contribution in [2.24, 2.45) is 10.8 Å². The van der Waals surface area contributed by atoms with Crippen molar-refractivity contribution in [1.29, 1.82) is 5.26 Å². The lowest BCUT2D eigenvalue weighted by molar-refractivity contribution is 0.0730. The van der Waals surface area contributed by atoms with E-state index in [1.165, 1.54) is 12.8 Å². The van der Waals surface area contributed by atoms with Gasteiger partial charge in [0, 0.05) is 18.4 Å². The molecule has 1 saturated carbocycles. The highest BCUT2D eigenvalue weighted by atomic mass is 16.5. The Morgan fingerprint density at radius 2 is 2.00 bits per heavy atom. The van der Waals surface area contributed by atoms with Crippen LogP contribution < -0.4 is 0 Å². The van der Waals surface area contributed by atoms with Crippen LogP contribution in [0.2, 0.25) is 0 Å². The predicted molar refractivity (Wildman–Crippen MR) is 56.8 cm³/mol. The third kappa shape index (κ3) is 4.11. The number of hydrogen-bond donors (Lipinski definition) is 0. The summed E-state index contributed by atoms with van der Waals surface area (Å²) in [5.74, 6) is 0. The van der Waals surface area contributed by atoms with E-state index in [9.17, 15) is 0 Å². The molecule has 0 unspecified atom stereocenters. The largest absolute Gasteiger partial charge is 0.381 e. The molecule has 80 valence electrons. The van der Waals surface area contributed by atoms with E-state index < -0.39 is 0 Å². The van der Waals surface area contributed by atoms with Crippen molar-refractivity contribution in [2.45, 2.75) is 46.5 Å². The van der Waals surface area contributed by atoms with Crippen molar-refractivity contribution in [3.63, 3.8) is 0 Å². The Bertz CT molecular complexity index is 217. The number of hydrogen-bond acceptors (Lipinski definition) is 2. The van der Waals surface area contributed by atoms with Gasteiger partial charge in [-0.3, -0.25) is 0 Å². The number of ether oxygens (including phenoxy) is 1. The standard InChI is InChI=1S/C12H21NO/c1-11(2,3)7-9-14-10-12(4-5-12)6-8-13/h4-7,9-10H2,1-3H3. The van der Waals surface area contributed by atoms with Gasteiger partial charge in [-0.25, -0.2) is 0 Å². The molecule has 0 aromatic carbocycles. The summed E-state index contributed by atoms with van der Waals surface area (Å²) in [4.78, 5) is 0. The monoisotopic (exact) mass is 195 g/mol. The molecule has 14 heavy (non-hydrogen) atoms. The van der Waals surface area contributed by atoms with Gasteiger partial charge in [-0.1, -0.05) is 20.8 Å². The van der Waals surface area contributed by atoms with Gasteiger partial charge in [0.05, 0.1) is 12.7 Å². The summed E-state index contributed by atoms with van der Waals surface area (Å²) in [6, 6.07) is 2.25. The molecule has 0 heterocycles. The van der Waals surface area contributed by atoms with Crippen molar-refractivity contribution in [3.8, 4) is 6.07 Å². The first-order chi connectivity index (χ1) is 6.47. The van der Waals surface area contributed by atoms with Crippen molar-refractivity contribution < 1.29 is 4.74 Å². The number of nitrogens with zero attached hydrogens (tertiary/aromatic N) is 1. The molecule has 0 amide bonds. The highest BCUT2D eigenvalue weighted by molar-refractivity contribution is 4.99. The van der Waals surface area contributed by atoms with Crippen LogP contribution in [0.4, 0.5) is 0 Å². The van der Waals surface area contributed by atoms with E-state index in [4.69, 9.17) is 10.00 Å². The first-order valence-electron chi connectivity index (χ1n) is 5.42. The molecule has 0 radical (unpaired) electrons. The average molecular weight is 195 g/mol. The lowest BCUT2D eigenvalue weighted by atomic mass is 9.93. The van der Waals surface area contributed by atoms with Gasteiger partial charge in [0.25, 0.3) is 0 Å². The fourth-order valence-electron chi connectivity index (χ4n) is 1.38. The minimum absolute atomic E-state index is 0.243. The van der Waals surface area contributed by atoms with Crippen LogP contribution in [0.3, 0.4) is 0 Å². The molecule has 1 rings (SSSR count). The van der Waals surface area contributed by atoms with Crippen molar-refractivity contribution in [3.05, 3.63) is 0 Å². The molecular formula is C12H21NO. The Balaban J connectivity index is 2.08. The fraction of sp³-hybridized carbons (Fsp3) is 0.917. The highest BCUT2D eigenvalue weighted by Crippen LogP contribution is 2.48. The van der Waals surface area contributed by atoms with Gasteiger partial charge in [0.2, 0.25) is 0 Å². The van der Waals surface area contributed by atoms with E-state index in [-0.39, 0.29) is 5.41 Å². The minimum Gasteiger partial charge on any atom is -0.381 e. The first-order valence-corrected chi connectivity index (χ1v) is 5.42. The molecule has 2 heteroatoms. The van der Waals surface area contributed by atoms with Crippen molar-refractivity contribution >= 4 is 0 Å². The van der Waals surface area contributed by atoms with Gasteiger partial charge >= 0.3 is 0 Å². The number of nitriles is 1. The second kappa shape index (κ2) is 4.31. The van der Waals surface area contributed by atoms with Gasteiger partial charge < -0.3 is 4.74 Å². The van der Waals surface area contributed by atoms with Crippen LogP contribution in [0.25, 0.3) is 0 Å². The van der Waals surface area contributed by atoms with Crippen molar-refractivity contribution in [2.75, 3.05) is 13.2 Å². The third-order valence-electron chi connectivity index (χ3n) is 2.82. The second-order valence-corrected chi connectivity index (χ2v) is 5.70. The molecule has 1 fully saturated rings. The zero-order chi connectivity index (χ0) is 10.7. The van der Waals surface area contributed by atoms with E-state index in [1.807, 2.05) is 0 Å². The van der Waals surface area contributed by atoms with E-state index in [1.54, 1.807) is 0 Å². The SMILES string of the molecule is CC(C)(C)CCOCC1(CC#N)CC1. The molecule has 0 bridgehead atoms. The molecular weight excluding hydrogens is 174 g/mol. The van der Waals surface area contributed by atoms with Crippen molar-refractivity contribution in [1.82, 2.24) is 0 Å². The Hall–Kier alpha value is -0.550. The lowest BCUT2D eigenvalue weighted by Gasteiger charge is -2.19. The van der Waals surface area contributed by atoms with E-state index in [0.29, 0.717) is 11.8 Å². The minimum atomic E-state index is 0.243. The Morgan fingerprint density at radius 1 is 1.36 bits per heavy atom. The number of rotatable bonds is 5.